The first-order chi connectivity index (χ1) is 25.3. The van der Waals surface area contributed by atoms with E-state index in [0.717, 1.165) is 27.5 Å². The molecule has 11 rings (SSSR count). The lowest BCUT2D eigenvalue weighted by molar-refractivity contribution is 0.204. The van der Waals surface area contributed by atoms with Crippen LogP contribution in [0.5, 0.6) is 0 Å². The van der Waals surface area contributed by atoms with Crippen LogP contribution in [0.25, 0.3) is 73.4 Å². The predicted octanol–water partition coefficient (Wildman–Crippen LogP) is 12.2. The predicted molar refractivity (Wildman–Crippen MR) is 215 cm³/mol. The van der Waals surface area contributed by atoms with Crippen LogP contribution >= 0.6 is 22.7 Å². The molecule has 3 aromatic heterocycles. The minimum Gasteiger partial charge on any atom is -0.456 e. The van der Waals surface area contributed by atoms with Crippen LogP contribution in [0.4, 0.5) is 0 Å². The summed E-state index contributed by atoms with van der Waals surface area (Å²) in [4.78, 5) is 0. The zero-order chi connectivity index (χ0) is 33.5. The zero-order valence-electron chi connectivity index (χ0n) is 27.4. The second-order valence-electron chi connectivity index (χ2n) is 13.3. The van der Waals surface area contributed by atoms with E-state index in [1.165, 1.54) is 62.6 Å². The fraction of sp³-hybridized carbons (Fsp3) is 0.0667. The van der Waals surface area contributed by atoms with Gasteiger partial charge < -0.3 is 4.42 Å². The first kappa shape index (κ1) is 29.4. The Kier molecular flexibility index (Phi) is 6.69. The van der Waals surface area contributed by atoms with E-state index in [0.29, 0.717) is 0 Å². The van der Waals surface area contributed by atoms with Gasteiger partial charge in [-0.2, -0.15) is 0 Å². The van der Waals surface area contributed by atoms with E-state index >= 15 is 0 Å². The first-order valence-electron chi connectivity index (χ1n) is 17.4. The smallest absolute Gasteiger partial charge is 0.141 e. The lowest BCUT2D eigenvalue weighted by atomic mass is 9.99. The summed E-state index contributed by atoms with van der Waals surface area (Å²) in [6.07, 6.45) is -0.392. The zero-order valence-corrected chi connectivity index (χ0v) is 29.0. The molecule has 6 heteroatoms. The molecule has 3 unspecified atom stereocenters. The van der Waals surface area contributed by atoms with E-state index in [-0.39, 0.29) is 18.5 Å². The second-order valence-corrected chi connectivity index (χ2v) is 15.4. The summed E-state index contributed by atoms with van der Waals surface area (Å²) in [5.41, 5.74) is 7.93. The van der Waals surface area contributed by atoms with E-state index < -0.39 is 0 Å². The van der Waals surface area contributed by atoms with Crippen molar-refractivity contribution >= 4 is 85.0 Å². The number of hydrogen-bond donors (Lipinski definition) is 3. The Bertz CT molecular complexity index is 2940. The van der Waals surface area contributed by atoms with Crippen molar-refractivity contribution in [2.45, 2.75) is 18.5 Å². The Morgan fingerprint density at radius 2 is 0.941 bits per heavy atom. The molecule has 0 amide bonds. The van der Waals surface area contributed by atoms with Crippen LogP contribution in [0.1, 0.15) is 35.2 Å². The number of rotatable bonds is 4. The van der Waals surface area contributed by atoms with Gasteiger partial charge in [-0.05, 0) is 17.7 Å². The quantitative estimate of drug-likeness (QED) is 0.172. The summed E-state index contributed by atoms with van der Waals surface area (Å²) in [5.74, 6) is 0. The van der Waals surface area contributed by atoms with Crippen molar-refractivity contribution in [1.29, 1.82) is 0 Å². The van der Waals surface area contributed by atoms with Gasteiger partial charge in [0.25, 0.3) is 0 Å². The molecule has 244 valence electrons. The van der Waals surface area contributed by atoms with Gasteiger partial charge >= 0.3 is 0 Å². The van der Waals surface area contributed by atoms with Crippen LogP contribution in [-0.4, -0.2) is 0 Å². The summed E-state index contributed by atoms with van der Waals surface area (Å²) < 4.78 is 11.8. The SMILES string of the molecule is c1ccc(C2NC(c3cccc4c3oc3ccccc34)NC(c3cccc4c3sc3c(-c5cccc6c5sc5ccccc56)cccc34)N2)cc1. The highest BCUT2D eigenvalue weighted by atomic mass is 32.1. The lowest BCUT2D eigenvalue weighted by Gasteiger charge is -2.39. The Morgan fingerprint density at radius 1 is 0.392 bits per heavy atom. The van der Waals surface area contributed by atoms with E-state index in [1.54, 1.807) is 0 Å². The summed E-state index contributed by atoms with van der Waals surface area (Å²) >= 11 is 3.80. The van der Waals surface area contributed by atoms with Crippen LogP contribution in [0.2, 0.25) is 0 Å². The number of hydrogen-bond acceptors (Lipinski definition) is 6. The van der Waals surface area contributed by atoms with Crippen molar-refractivity contribution in [1.82, 2.24) is 16.0 Å². The van der Waals surface area contributed by atoms with Gasteiger partial charge in [0, 0.05) is 73.4 Å². The normalized spacial score (nSPS) is 18.2. The van der Waals surface area contributed by atoms with Crippen molar-refractivity contribution in [3.63, 3.8) is 0 Å². The molecule has 0 bridgehead atoms. The maximum Gasteiger partial charge on any atom is 0.141 e. The number of thiophene rings is 2. The Labute approximate surface area is 302 Å². The summed E-state index contributed by atoms with van der Waals surface area (Å²) in [6, 6.07) is 54.5. The Balaban J connectivity index is 1.07. The minimum atomic E-state index is -0.170. The molecule has 4 heterocycles. The largest absolute Gasteiger partial charge is 0.456 e. The van der Waals surface area contributed by atoms with Crippen LogP contribution in [0.15, 0.2) is 156 Å². The van der Waals surface area contributed by atoms with Crippen molar-refractivity contribution in [2.24, 2.45) is 0 Å². The Hall–Kier alpha value is -5.34. The number of nitrogens with one attached hydrogen (secondary N) is 3. The van der Waals surface area contributed by atoms with Crippen LogP contribution < -0.4 is 16.0 Å². The van der Waals surface area contributed by atoms with Crippen LogP contribution in [0, 0.1) is 0 Å². The van der Waals surface area contributed by atoms with E-state index in [4.69, 9.17) is 4.42 Å². The maximum absolute atomic E-state index is 6.54. The molecule has 3 atom stereocenters. The van der Waals surface area contributed by atoms with Gasteiger partial charge in [-0.1, -0.05) is 140 Å². The third-order valence-corrected chi connectivity index (χ3v) is 13.0. The van der Waals surface area contributed by atoms with Crippen molar-refractivity contribution < 1.29 is 4.42 Å². The Morgan fingerprint density at radius 3 is 1.75 bits per heavy atom. The van der Waals surface area contributed by atoms with Gasteiger partial charge in [-0.3, -0.25) is 16.0 Å². The molecule has 10 aromatic rings. The molecule has 4 nitrogen and oxygen atoms in total. The van der Waals surface area contributed by atoms with Gasteiger partial charge in [-0.25, -0.2) is 0 Å². The second kappa shape index (κ2) is 11.6. The number of para-hydroxylation sites is 2. The maximum atomic E-state index is 6.54. The number of furan rings is 1. The highest BCUT2D eigenvalue weighted by molar-refractivity contribution is 7.27. The molecule has 51 heavy (non-hydrogen) atoms. The molecule has 1 aliphatic rings. The van der Waals surface area contributed by atoms with E-state index in [9.17, 15) is 0 Å². The minimum absolute atomic E-state index is 0.0900. The van der Waals surface area contributed by atoms with Crippen molar-refractivity contribution in [3.05, 3.63) is 168 Å². The van der Waals surface area contributed by atoms with E-state index in [2.05, 4.69) is 162 Å². The third kappa shape index (κ3) is 4.62. The molecular weight excluding hydrogens is 663 g/mol. The van der Waals surface area contributed by atoms with Gasteiger partial charge in [0.1, 0.15) is 11.2 Å². The summed E-state index contributed by atoms with van der Waals surface area (Å²) in [7, 11) is 0. The van der Waals surface area contributed by atoms with Crippen molar-refractivity contribution in [2.75, 3.05) is 0 Å². The van der Waals surface area contributed by atoms with Crippen LogP contribution in [0.3, 0.4) is 0 Å². The van der Waals surface area contributed by atoms with Crippen LogP contribution in [-0.2, 0) is 0 Å². The molecule has 1 fully saturated rings. The van der Waals surface area contributed by atoms with Gasteiger partial charge in [0.2, 0.25) is 0 Å². The molecule has 0 radical (unpaired) electrons. The monoisotopic (exact) mass is 693 g/mol. The van der Waals surface area contributed by atoms with Gasteiger partial charge in [-0.15, -0.1) is 22.7 Å². The number of benzene rings is 7. The highest BCUT2D eigenvalue weighted by Gasteiger charge is 2.32. The average Bonchev–Trinajstić information content (AvgIpc) is 3.89. The topological polar surface area (TPSA) is 49.2 Å². The van der Waals surface area contributed by atoms with Crippen molar-refractivity contribution in [3.8, 4) is 11.1 Å². The first-order valence-corrected chi connectivity index (χ1v) is 19.0. The lowest BCUT2D eigenvalue weighted by Crippen LogP contribution is -2.54. The average molecular weight is 694 g/mol. The molecule has 0 spiro atoms. The molecule has 7 aromatic carbocycles. The molecule has 0 aliphatic carbocycles. The fourth-order valence-electron chi connectivity index (χ4n) is 8.08. The molecular formula is C45H31N3OS2. The number of fused-ring (bicyclic) bond motifs is 9. The third-order valence-electron chi connectivity index (χ3n) is 10.4. The highest BCUT2D eigenvalue weighted by Crippen LogP contribution is 2.47. The summed E-state index contributed by atoms with van der Waals surface area (Å²) in [5, 5.41) is 19.3. The molecule has 3 N–H and O–H groups in total. The van der Waals surface area contributed by atoms with E-state index in [1.807, 2.05) is 28.7 Å². The molecule has 1 aliphatic heterocycles. The fourth-order valence-corrected chi connectivity index (χ4v) is 10.7. The molecule has 0 saturated carbocycles. The van der Waals surface area contributed by atoms with Gasteiger partial charge in [0.05, 0.1) is 18.5 Å². The standard InChI is InChI=1S/C45H31N3OS2/c1-2-12-26(13-3-1)43-46-44(35-22-8-16-29-27-14-4-6-24-37(27)49-39(29)35)48-45(47-43)36-23-11-21-34-33-20-10-19-32(41(33)51-42(34)36)31-18-9-17-30-28-15-5-7-25-38(28)50-40(30)31/h1-25,43-48H. The van der Waals surface area contributed by atoms with Gasteiger partial charge in [0.15, 0.2) is 0 Å². The summed E-state index contributed by atoms with van der Waals surface area (Å²) in [6.45, 7) is 0. The molecule has 1 saturated heterocycles.